The third kappa shape index (κ3) is 3.82. The number of hydrogen-bond acceptors (Lipinski definition) is 5. The van der Waals surface area contributed by atoms with Crippen molar-refractivity contribution in [1.82, 2.24) is 0 Å². The van der Waals surface area contributed by atoms with Crippen LogP contribution in [-0.2, 0) is 13.0 Å². The molecule has 5 heteroatoms. The predicted molar refractivity (Wildman–Crippen MR) is 148 cm³/mol. The van der Waals surface area contributed by atoms with E-state index >= 15 is 0 Å². The van der Waals surface area contributed by atoms with Gasteiger partial charge in [0.2, 0.25) is 0 Å². The topological polar surface area (TPSA) is 76.7 Å². The lowest BCUT2D eigenvalue weighted by Gasteiger charge is -2.39. The summed E-state index contributed by atoms with van der Waals surface area (Å²) in [7, 11) is 3.28. The van der Waals surface area contributed by atoms with E-state index in [0.717, 1.165) is 45.7 Å². The molecular formula is C32H32N2O3. The second-order valence-corrected chi connectivity index (χ2v) is 10.1. The first-order valence-electron chi connectivity index (χ1n) is 12.8. The lowest BCUT2D eigenvalue weighted by atomic mass is 9.74. The van der Waals surface area contributed by atoms with E-state index in [-0.39, 0.29) is 23.6 Å². The maximum Gasteiger partial charge on any atom is 0.160 e. The van der Waals surface area contributed by atoms with Crippen molar-refractivity contribution < 1.29 is 14.6 Å². The summed E-state index contributed by atoms with van der Waals surface area (Å²) >= 11 is 0. The fraction of sp³-hybridized carbons (Fsp3) is 0.250. The van der Waals surface area contributed by atoms with Crippen LogP contribution in [0.2, 0.25) is 0 Å². The van der Waals surface area contributed by atoms with Crippen LogP contribution >= 0.6 is 0 Å². The normalized spacial score (nSPS) is 19.4. The number of nitrogens with two attached hydrogens (primary N) is 1. The lowest BCUT2D eigenvalue weighted by molar-refractivity contribution is 0.370. The van der Waals surface area contributed by atoms with E-state index in [1.807, 2.05) is 24.3 Å². The smallest absolute Gasteiger partial charge is 0.160 e. The third-order valence-corrected chi connectivity index (χ3v) is 8.03. The van der Waals surface area contributed by atoms with Crippen LogP contribution in [-0.4, -0.2) is 19.3 Å². The monoisotopic (exact) mass is 492 g/mol. The largest absolute Gasteiger partial charge is 0.504 e. The van der Waals surface area contributed by atoms with Gasteiger partial charge in [-0.05, 0) is 83.0 Å². The summed E-state index contributed by atoms with van der Waals surface area (Å²) in [6.45, 7) is 2.59. The van der Waals surface area contributed by atoms with Crippen molar-refractivity contribution in [2.75, 3.05) is 19.5 Å². The number of nitrogens with one attached hydrogen (secondary N) is 1. The fourth-order valence-corrected chi connectivity index (χ4v) is 6.32. The van der Waals surface area contributed by atoms with E-state index in [1.54, 1.807) is 14.2 Å². The molecule has 4 aromatic carbocycles. The molecule has 4 N–H and O–H groups in total. The lowest BCUT2D eigenvalue weighted by Crippen LogP contribution is -2.31. The Kier molecular flexibility index (Phi) is 5.81. The summed E-state index contributed by atoms with van der Waals surface area (Å²) in [5.74, 6) is 1.87. The van der Waals surface area contributed by atoms with Crippen LogP contribution in [0.5, 0.6) is 17.2 Å². The Morgan fingerprint density at radius 1 is 0.865 bits per heavy atom. The molecule has 0 saturated heterocycles. The highest BCUT2D eigenvalue weighted by Crippen LogP contribution is 2.56. The van der Waals surface area contributed by atoms with Gasteiger partial charge in [-0.15, -0.1) is 0 Å². The molecule has 1 aliphatic carbocycles. The molecule has 3 unspecified atom stereocenters. The number of aryl methyl sites for hydroxylation is 1. The number of fused-ring (bicyclic) bond motifs is 5. The van der Waals surface area contributed by atoms with Gasteiger partial charge >= 0.3 is 0 Å². The maximum atomic E-state index is 10.9. The van der Waals surface area contributed by atoms with Crippen LogP contribution < -0.4 is 20.5 Å². The molecule has 37 heavy (non-hydrogen) atoms. The van der Waals surface area contributed by atoms with Crippen LogP contribution in [0.3, 0.4) is 0 Å². The molecular weight excluding hydrogens is 460 g/mol. The number of anilines is 1. The van der Waals surface area contributed by atoms with E-state index in [9.17, 15) is 5.11 Å². The minimum Gasteiger partial charge on any atom is -0.504 e. The number of ether oxygens (including phenoxy) is 2. The first-order valence-corrected chi connectivity index (χ1v) is 12.8. The van der Waals surface area contributed by atoms with Gasteiger partial charge in [0.1, 0.15) is 5.75 Å². The van der Waals surface area contributed by atoms with Gasteiger partial charge in [-0.1, -0.05) is 48.0 Å². The minimum atomic E-state index is -0.0108. The number of rotatable bonds is 5. The number of hydrogen-bond donors (Lipinski definition) is 3. The van der Waals surface area contributed by atoms with E-state index in [0.29, 0.717) is 12.3 Å². The first-order chi connectivity index (χ1) is 18.0. The predicted octanol–water partition coefficient (Wildman–Crippen LogP) is 6.31. The van der Waals surface area contributed by atoms with Gasteiger partial charge in [-0.2, -0.15) is 0 Å². The van der Waals surface area contributed by atoms with E-state index in [2.05, 4.69) is 60.8 Å². The second-order valence-electron chi connectivity index (χ2n) is 10.1. The van der Waals surface area contributed by atoms with Crippen LogP contribution in [0.4, 0.5) is 5.69 Å². The first kappa shape index (κ1) is 23.4. The summed E-state index contributed by atoms with van der Waals surface area (Å²) in [4.78, 5) is 0. The number of methoxy groups -OCH3 is 2. The third-order valence-electron chi connectivity index (χ3n) is 8.03. The molecule has 1 heterocycles. The zero-order chi connectivity index (χ0) is 25.7. The number of benzene rings is 4. The molecule has 0 aromatic heterocycles. The van der Waals surface area contributed by atoms with Crippen molar-refractivity contribution >= 4 is 5.69 Å². The summed E-state index contributed by atoms with van der Waals surface area (Å²) in [5, 5.41) is 14.7. The molecule has 0 bridgehead atoms. The molecule has 0 fully saturated rings. The summed E-state index contributed by atoms with van der Waals surface area (Å²) in [6.07, 6.45) is 0.957. The molecule has 6 rings (SSSR count). The second kappa shape index (κ2) is 9.16. The Morgan fingerprint density at radius 2 is 1.68 bits per heavy atom. The summed E-state index contributed by atoms with van der Waals surface area (Å²) in [6, 6.07) is 25.3. The van der Waals surface area contributed by atoms with E-state index < -0.39 is 0 Å². The SMILES string of the molecule is COc1cc(C2Nc3ccc(CN)cc3C3c4ccccc4CC23)c(-c2cc(C)ccc2OC)cc1O. The summed E-state index contributed by atoms with van der Waals surface area (Å²) in [5.41, 5.74) is 16.5. The van der Waals surface area contributed by atoms with Crippen molar-refractivity contribution in [1.29, 1.82) is 0 Å². The van der Waals surface area contributed by atoms with Gasteiger partial charge in [0.15, 0.2) is 11.5 Å². The van der Waals surface area contributed by atoms with Gasteiger partial charge in [0.05, 0.1) is 20.3 Å². The molecule has 1 aliphatic heterocycles. The van der Waals surface area contributed by atoms with Gasteiger partial charge in [-0.25, -0.2) is 0 Å². The quantitative estimate of drug-likeness (QED) is 0.304. The summed E-state index contributed by atoms with van der Waals surface area (Å²) < 4.78 is 11.4. The Bertz CT molecular complexity index is 1500. The zero-order valence-corrected chi connectivity index (χ0v) is 21.4. The average molecular weight is 493 g/mol. The molecule has 0 amide bonds. The van der Waals surface area contributed by atoms with Crippen LogP contribution in [0.15, 0.2) is 72.8 Å². The highest BCUT2D eigenvalue weighted by Gasteiger charge is 2.44. The van der Waals surface area contributed by atoms with E-state index in [4.69, 9.17) is 15.2 Å². The van der Waals surface area contributed by atoms with Gasteiger partial charge in [0, 0.05) is 23.7 Å². The zero-order valence-electron chi connectivity index (χ0n) is 21.4. The van der Waals surface area contributed by atoms with Crippen LogP contribution in [0.1, 0.15) is 45.3 Å². The van der Waals surface area contributed by atoms with Gasteiger partial charge in [-0.3, -0.25) is 0 Å². The molecule has 3 atom stereocenters. The van der Waals surface area contributed by atoms with Crippen LogP contribution in [0, 0.1) is 12.8 Å². The molecule has 0 spiro atoms. The Balaban J connectivity index is 1.59. The standard InChI is InChI=1S/C32H32N2O3/c1-18-8-11-29(36-2)23(12-18)22-15-28(35)30(37-3)16-24(22)32-26-14-20-6-4-5-7-21(20)31(26)25-13-19(17-33)9-10-27(25)34-32/h4-13,15-16,26,31-32,34-35H,14,17,33H2,1-3H3. The number of phenols is 1. The Morgan fingerprint density at radius 3 is 2.46 bits per heavy atom. The average Bonchev–Trinajstić information content (AvgIpc) is 3.32. The van der Waals surface area contributed by atoms with E-state index in [1.165, 1.54) is 16.7 Å². The number of phenolic OH excluding ortho intramolecular Hbond substituents is 1. The molecule has 0 radical (unpaired) electrons. The highest BCUT2D eigenvalue weighted by atomic mass is 16.5. The highest BCUT2D eigenvalue weighted by molar-refractivity contribution is 5.78. The number of aromatic hydroxyl groups is 1. The minimum absolute atomic E-state index is 0.0108. The van der Waals surface area contributed by atoms with Crippen LogP contribution in [0.25, 0.3) is 11.1 Å². The molecule has 4 aromatic rings. The molecule has 0 saturated carbocycles. The maximum absolute atomic E-state index is 10.9. The van der Waals surface area contributed by atoms with Crippen molar-refractivity contribution in [2.24, 2.45) is 11.7 Å². The fourth-order valence-electron chi connectivity index (χ4n) is 6.32. The van der Waals surface area contributed by atoms with Gasteiger partial charge < -0.3 is 25.6 Å². The Labute approximate surface area is 217 Å². The Hall–Kier alpha value is -3.96. The van der Waals surface area contributed by atoms with Gasteiger partial charge in [0.25, 0.3) is 0 Å². The van der Waals surface area contributed by atoms with Crippen molar-refractivity contribution in [3.8, 4) is 28.4 Å². The molecule has 5 nitrogen and oxygen atoms in total. The molecule has 2 aliphatic rings. The van der Waals surface area contributed by atoms with Crippen molar-refractivity contribution in [2.45, 2.75) is 31.8 Å². The van der Waals surface area contributed by atoms with Crippen molar-refractivity contribution in [3.63, 3.8) is 0 Å². The molecule has 188 valence electrons. The van der Waals surface area contributed by atoms with Crippen molar-refractivity contribution in [3.05, 3.63) is 106 Å².